The first-order chi connectivity index (χ1) is 6.53. The largest absolute Gasteiger partial charge is 0.382 e. The first kappa shape index (κ1) is 10.7. The lowest BCUT2D eigenvalue weighted by Crippen LogP contribution is -2.36. The topological polar surface area (TPSA) is 73.1 Å². The number of ether oxygens (including phenoxy) is 1. The maximum absolute atomic E-state index is 5.42. The lowest BCUT2D eigenvalue weighted by Gasteiger charge is -2.25. The zero-order valence-electron chi connectivity index (χ0n) is 8.74. The molecule has 1 heterocycles. The van der Waals surface area contributed by atoms with Gasteiger partial charge in [-0.25, -0.2) is 9.97 Å². The third-order valence-corrected chi connectivity index (χ3v) is 1.64. The Morgan fingerprint density at radius 2 is 2.14 bits per heavy atom. The molecule has 0 bridgehead atoms. The van der Waals surface area contributed by atoms with Crippen LogP contribution in [-0.4, -0.2) is 29.2 Å². The van der Waals surface area contributed by atoms with Gasteiger partial charge in [-0.1, -0.05) is 0 Å². The second kappa shape index (κ2) is 4.23. The Balaban J connectivity index is 2.64. The summed E-state index contributed by atoms with van der Waals surface area (Å²) >= 11 is 0. The van der Waals surface area contributed by atoms with Gasteiger partial charge in [0.05, 0.1) is 24.5 Å². The number of anilines is 2. The molecule has 0 aliphatic rings. The minimum absolute atomic E-state index is 0.167. The summed E-state index contributed by atoms with van der Waals surface area (Å²) < 4.78 is 5.07. The minimum Gasteiger partial charge on any atom is -0.382 e. The summed E-state index contributed by atoms with van der Waals surface area (Å²) in [6.45, 7) is 4.64. The molecular formula is C9H16N4O. The highest BCUT2D eigenvalue weighted by Gasteiger charge is 2.17. The van der Waals surface area contributed by atoms with Crippen LogP contribution in [0.25, 0.3) is 0 Å². The van der Waals surface area contributed by atoms with Gasteiger partial charge in [-0.2, -0.15) is 0 Å². The molecule has 0 amide bonds. The standard InChI is InChI=1S/C9H16N4O/c1-9(2,6-14-3)13-8-5-11-7(10)4-12-8/h4-5H,6H2,1-3H3,(H2,10,11)(H,12,13). The van der Waals surface area contributed by atoms with Gasteiger partial charge in [-0.15, -0.1) is 0 Å². The molecule has 5 nitrogen and oxygen atoms in total. The summed E-state index contributed by atoms with van der Waals surface area (Å²) in [4.78, 5) is 8.03. The number of hydrogen-bond donors (Lipinski definition) is 2. The fourth-order valence-corrected chi connectivity index (χ4v) is 1.15. The number of rotatable bonds is 4. The predicted molar refractivity (Wildman–Crippen MR) is 56.0 cm³/mol. The number of methoxy groups -OCH3 is 1. The van der Waals surface area contributed by atoms with Crippen LogP contribution >= 0.6 is 0 Å². The number of aromatic nitrogens is 2. The van der Waals surface area contributed by atoms with E-state index in [4.69, 9.17) is 10.5 Å². The number of nitrogens with one attached hydrogen (secondary N) is 1. The van der Waals surface area contributed by atoms with Crippen LogP contribution in [0, 0.1) is 0 Å². The second-order valence-corrected chi connectivity index (χ2v) is 3.77. The Morgan fingerprint density at radius 3 is 2.64 bits per heavy atom. The molecule has 0 fully saturated rings. The molecule has 0 aliphatic heterocycles. The molecular weight excluding hydrogens is 180 g/mol. The van der Waals surface area contributed by atoms with Crippen molar-refractivity contribution in [1.29, 1.82) is 0 Å². The lowest BCUT2D eigenvalue weighted by atomic mass is 10.1. The van der Waals surface area contributed by atoms with Gasteiger partial charge >= 0.3 is 0 Å². The summed E-state index contributed by atoms with van der Waals surface area (Å²) in [5, 5.41) is 3.19. The Kier molecular flexibility index (Phi) is 3.24. The van der Waals surface area contributed by atoms with E-state index in [1.807, 2.05) is 13.8 Å². The minimum atomic E-state index is -0.167. The van der Waals surface area contributed by atoms with Gasteiger partial charge in [0, 0.05) is 7.11 Å². The van der Waals surface area contributed by atoms with Gasteiger partial charge in [0.25, 0.3) is 0 Å². The molecule has 1 rings (SSSR count). The van der Waals surface area contributed by atoms with Crippen molar-refractivity contribution in [2.24, 2.45) is 0 Å². The highest BCUT2D eigenvalue weighted by atomic mass is 16.5. The van der Waals surface area contributed by atoms with Crippen molar-refractivity contribution < 1.29 is 4.74 Å². The van der Waals surface area contributed by atoms with Gasteiger partial charge in [-0.05, 0) is 13.8 Å². The molecule has 14 heavy (non-hydrogen) atoms. The van der Waals surface area contributed by atoms with Crippen molar-refractivity contribution in [1.82, 2.24) is 9.97 Å². The van der Waals surface area contributed by atoms with Crippen LogP contribution in [0.15, 0.2) is 12.4 Å². The lowest BCUT2D eigenvalue weighted by molar-refractivity contribution is 0.158. The maximum atomic E-state index is 5.42. The third-order valence-electron chi connectivity index (χ3n) is 1.64. The van der Waals surface area contributed by atoms with Crippen LogP contribution in [0.3, 0.4) is 0 Å². The van der Waals surface area contributed by atoms with Gasteiger partial charge in [-0.3, -0.25) is 0 Å². The third kappa shape index (κ3) is 3.18. The molecule has 0 unspecified atom stereocenters. The van der Waals surface area contributed by atoms with E-state index in [0.717, 1.165) is 0 Å². The molecule has 0 saturated heterocycles. The molecule has 0 atom stereocenters. The molecule has 3 N–H and O–H groups in total. The number of nitrogen functional groups attached to an aromatic ring is 1. The van der Waals surface area contributed by atoms with Crippen LogP contribution in [0.1, 0.15) is 13.8 Å². The number of nitrogens with zero attached hydrogens (tertiary/aromatic N) is 2. The van der Waals surface area contributed by atoms with Gasteiger partial charge in [0.1, 0.15) is 11.6 Å². The Morgan fingerprint density at radius 1 is 1.43 bits per heavy atom. The number of nitrogens with two attached hydrogens (primary N) is 1. The molecule has 0 saturated carbocycles. The molecule has 78 valence electrons. The second-order valence-electron chi connectivity index (χ2n) is 3.77. The quantitative estimate of drug-likeness (QED) is 0.748. The van der Waals surface area contributed by atoms with Crippen molar-refractivity contribution in [3.8, 4) is 0 Å². The van der Waals surface area contributed by atoms with Crippen molar-refractivity contribution in [3.63, 3.8) is 0 Å². The van der Waals surface area contributed by atoms with E-state index < -0.39 is 0 Å². The summed E-state index contributed by atoms with van der Waals surface area (Å²) in [5.74, 6) is 1.11. The van der Waals surface area contributed by atoms with Gasteiger partial charge < -0.3 is 15.8 Å². The van der Waals surface area contributed by atoms with E-state index in [2.05, 4.69) is 15.3 Å². The predicted octanol–water partition coefficient (Wildman–Crippen LogP) is 0.896. The van der Waals surface area contributed by atoms with Crippen molar-refractivity contribution in [3.05, 3.63) is 12.4 Å². The van der Waals surface area contributed by atoms with Gasteiger partial charge in [0.2, 0.25) is 0 Å². The maximum Gasteiger partial charge on any atom is 0.145 e. The van der Waals surface area contributed by atoms with Crippen molar-refractivity contribution in [2.75, 3.05) is 24.8 Å². The molecule has 0 aliphatic carbocycles. The highest BCUT2D eigenvalue weighted by molar-refractivity contribution is 5.38. The SMILES string of the molecule is COCC(C)(C)Nc1cnc(N)cn1. The van der Waals surface area contributed by atoms with E-state index in [0.29, 0.717) is 18.2 Å². The fourth-order valence-electron chi connectivity index (χ4n) is 1.15. The van der Waals surface area contributed by atoms with E-state index >= 15 is 0 Å². The smallest absolute Gasteiger partial charge is 0.145 e. The van der Waals surface area contributed by atoms with Crippen molar-refractivity contribution >= 4 is 11.6 Å². The Labute approximate surface area is 83.7 Å². The van der Waals surface area contributed by atoms with Crippen molar-refractivity contribution in [2.45, 2.75) is 19.4 Å². The van der Waals surface area contributed by atoms with Crippen LogP contribution in [-0.2, 0) is 4.74 Å². The molecule has 1 aromatic rings. The summed E-state index contributed by atoms with van der Waals surface area (Å²) in [5.41, 5.74) is 5.26. The average Bonchev–Trinajstić information content (AvgIpc) is 2.08. The normalized spacial score (nSPS) is 11.4. The summed E-state index contributed by atoms with van der Waals surface area (Å²) in [7, 11) is 1.66. The molecule has 0 radical (unpaired) electrons. The van der Waals surface area contributed by atoms with E-state index in [1.165, 1.54) is 6.20 Å². The molecule has 1 aromatic heterocycles. The first-order valence-corrected chi connectivity index (χ1v) is 4.38. The zero-order valence-corrected chi connectivity index (χ0v) is 8.74. The van der Waals surface area contributed by atoms with Gasteiger partial charge in [0.15, 0.2) is 0 Å². The number of hydrogen-bond acceptors (Lipinski definition) is 5. The van der Waals surface area contributed by atoms with E-state index in [9.17, 15) is 0 Å². The van der Waals surface area contributed by atoms with Crippen LogP contribution in [0.5, 0.6) is 0 Å². The van der Waals surface area contributed by atoms with Crippen LogP contribution < -0.4 is 11.1 Å². The highest BCUT2D eigenvalue weighted by Crippen LogP contribution is 2.12. The first-order valence-electron chi connectivity index (χ1n) is 4.38. The Hall–Kier alpha value is -1.36. The van der Waals surface area contributed by atoms with E-state index in [1.54, 1.807) is 13.3 Å². The summed E-state index contributed by atoms with van der Waals surface area (Å²) in [6.07, 6.45) is 3.12. The Bertz CT molecular complexity index is 283. The fraction of sp³-hybridized carbons (Fsp3) is 0.556. The summed E-state index contributed by atoms with van der Waals surface area (Å²) in [6, 6.07) is 0. The zero-order chi connectivity index (χ0) is 10.6. The average molecular weight is 196 g/mol. The monoisotopic (exact) mass is 196 g/mol. The van der Waals surface area contributed by atoms with Crippen LogP contribution in [0.2, 0.25) is 0 Å². The molecule has 5 heteroatoms. The molecule has 0 spiro atoms. The van der Waals surface area contributed by atoms with E-state index in [-0.39, 0.29) is 5.54 Å². The van der Waals surface area contributed by atoms with Crippen LogP contribution in [0.4, 0.5) is 11.6 Å². The molecule has 0 aromatic carbocycles.